The number of halogens is 5. The summed E-state index contributed by atoms with van der Waals surface area (Å²) in [5, 5.41) is 4.15. The topological polar surface area (TPSA) is 106 Å². The number of ether oxygens (including phenoxy) is 2. The number of morpholine rings is 1. The van der Waals surface area contributed by atoms with E-state index in [9.17, 15) is 31.5 Å². The van der Waals surface area contributed by atoms with E-state index in [4.69, 9.17) is 10.5 Å². The molecule has 4 N–H and O–H groups in total. The van der Waals surface area contributed by atoms with Gasteiger partial charge in [0.2, 0.25) is 5.91 Å². The van der Waals surface area contributed by atoms with Gasteiger partial charge in [-0.25, -0.2) is 0 Å². The summed E-state index contributed by atoms with van der Waals surface area (Å²) in [7, 11) is 0. The van der Waals surface area contributed by atoms with Gasteiger partial charge in [-0.2, -0.15) is 22.0 Å². The number of carbonyl (C=O) groups is 2. The summed E-state index contributed by atoms with van der Waals surface area (Å²) in [6, 6.07) is 2.27. The fourth-order valence-electron chi connectivity index (χ4n) is 2.51. The van der Waals surface area contributed by atoms with Crippen molar-refractivity contribution in [3.63, 3.8) is 0 Å². The maximum Gasteiger partial charge on any atom is 0.401 e. The third-order valence-corrected chi connectivity index (χ3v) is 3.84. The minimum absolute atomic E-state index is 0.174. The van der Waals surface area contributed by atoms with Crippen LogP contribution in [0.15, 0.2) is 18.2 Å². The Kier molecular flexibility index (Phi) is 7.70. The number of rotatable bonds is 8. The highest BCUT2D eigenvalue weighted by atomic mass is 19.4. The Balaban J connectivity index is 2.19. The molecule has 8 nitrogen and oxygen atoms in total. The van der Waals surface area contributed by atoms with Crippen molar-refractivity contribution in [2.75, 3.05) is 43.1 Å². The van der Waals surface area contributed by atoms with Crippen molar-refractivity contribution in [3.05, 3.63) is 18.2 Å². The molecule has 1 aliphatic rings. The number of hydrogen-bond acceptors (Lipinski definition) is 6. The van der Waals surface area contributed by atoms with Crippen molar-refractivity contribution in [1.82, 2.24) is 5.32 Å². The van der Waals surface area contributed by atoms with Crippen molar-refractivity contribution in [1.29, 1.82) is 0 Å². The zero-order valence-electron chi connectivity index (χ0n) is 15.0. The van der Waals surface area contributed by atoms with Crippen molar-refractivity contribution in [3.8, 4) is 5.75 Å². The van der Waals surface area contributed by atoms with Crippen molar-refractivity contribution in [2.24, 2.45) is 5.73 Å². The highest BCUT2D eigenvalue weighted by Gasteiger charge is 2.30. The van der Waals surface area contributed by atoms with Gasteiger partial charge in [0.05, 0.1) is 24.9 Å². The Morgan fingerprint density at radius 3 is 2.66 bits per heavy atom. The molecule has 0 aliphatic carbocycles. The molecule has 1 aromatic carbocycles. The van der Waals surface area contributed by atoms with Crippen molar-refractivity contribution in [2.45, 2.75) is 18.8 Å². The van der Waals surface area contributed by atoms with Gasteiger partial charge < -0.3 is 25.4 Å². The molecule has 1 aromatic rings. The number of nitrogens with zero attached hydrogens (tertiary/aromatic N) is 1. The van der Waals surface area contributed by atoms with E-state index in [0.29, 0.717) is 0 Å². The number of carbonyl (C=O) groups excluding carboxylic acids is 2. The molecule has 162 valence electrons. The minimum atomic E-state index is -4.57. The van der Waals surface area contributed by atoms with Gasteiger partial charge in [-0.15, -0.1) is 0 Å². The summed E-state index contributed by atoms with van der Waals surface area (Å²) >= 11 is 0. The maximum atomic E-state index is 12.8. The van der Waals surface area contributed by atoms with Gasteiger partial charge in [-0.3, -0.25) is 14.9 Å². The van der Waals surface area contributed by atoms with Crippen LogP contribution in [0, 0.1) is 0 Å². The van der Waals surface area contributed by atoms with E-state index in [-0.39, 0.29) is 31.1 Å². The average molecular weight is 426 g/mol. The van der Waals surface area contributed by atoms with Crippen molar-refractivity contribution >= 4 is 23.2 Å². The molecule has 0 radical (unpaired) electrons. The molecule has 2 amide bonds. The highest BCUT2D eigenvalue weighted by molar-refractivity contribution is 5.98. The van der Waals surface area contributed by atoms with Crippen LogP contribution in [0.3, 0.4) is 0 Å². The quantitative estimate of drug-likeness (QED) is 0.537. The predicted octanol–water partition coefficient (Wildman–Crippen LogP) is 1.07. The standard InChI is InChI=1S/C16H19F5N4O4/c17-15(18)29-12-5-9(25-3-4-28-7-13(25)26)1-2-10(12)24-14(27)11(6-22)23-8-16(19,20)21/h1-2,5,11,15,23H,3-4,6-8,22H2,(H,24,27)/t11-/m1/s1. The fraction of sp³-hybridized carbons (Fsp3) is 0.500. The van der Waals surface area contributed by atoms with Crippen LogP contribution in [0.4, 0.5) is 33.3 Å². The summed E-state index contributed by atoms with van der Waals surface area (Å²) in [5.74, 6) is -1.82. The molecule has 0 aromatic heterocycles. The predicted molar refractivity (Wildman–Crippen MR) is 91.8 cm³/mol. The lowest BCUT2D eigenvalue weighted by Gasteiger charge is -2.27. The van der Waals surface area contributed by atoms with Crippen molar-refractivity contribution < 1.29 is 41.0 Å². The van der Waals surface area contributed by atoms with Crippen LogP contribution in [-0.4, -0.2) is 63.5 Å². The number of hydrogen-bond donors (Lipinski definition) is 3. The highest BCUT2D eigenvalue weighted by Crippen LogP contribution is 2.32. The number of nitrogens with two attached hydrogens (primary N) is 1. The Morgan fingerprint density at radius 1 is 1.34 bits per heavy atom. The summed E-state index contributed by atoms with van der Waals surface area (Å²) in [5.41, 5.74) is 5.33. The molecule has 1 aliphatic heterocycles. The molecule has 1 saturated heterocycles. The normalized spacial score (nSPS) is 16.1. The molecule has 13 heteroatoms. The van der Waals surface area contributed by atoms with E-state index in [0.717, 1.165) is 6.07 Å². The maximum absolute atomic E-state index is 12.8. The number of alkyl halides is 5. The summed E-state index contributed by atoms with van der Waals surface area (Å²) < 4.78 is 71.9. The second-order valence-corrected chi connectivity index (χ2v) is 5.93. The second kappa shape index (κ2) is 9.80. The summed E-state index contributed by atoms with van der Waals surface area (Å²) in [6.45, 7) is -4.90. The van der Waals surface area contributed by atoms with E-state index < -0.39 is 49.5 Å². The smallest absolute Gasteiger partial charge is 0.401 e. The third kappa shape index (κ3) is 6.80. The Bertz CT molecular complexity index is 732. The van der Waals surface area contributed by atoms with E-state index in [2.05, 4.69) is 10.1 Å². The van der Waals surface area contributed by atoms with Gasteiger partial charge in [0.15, 0.2) is 5.75 Å². The molecule has 1 heterocycles. The SMILES string of the molecule is NC[C@@H](NCC(F)(F)F)C(=O)Nc1ccc(N2CCOCC2=O)cc1OC(F)F. The van der Waals surface area contributed by atoms with Crippen LogP contribution in [0.1, 0.15) is 0 Å². The molecule has 0 saturated carbocycles. The molecule has 0 bridgehead atoms. The summed E-state index contributed by atoms with van der Waals surface area (Å²) in [4.78, 5) is 25.4. The monoisotopic (exact) mass is 426 g/mol. The molecule has 0 unspecified atom stereocenters. The second-order valence-electron chi connectivity index (χ2n) is 5.93. The number of benzene rings is 1. The summed E-state index contributed by atoms with van der Waals surface area (Å²) in [6.07, 6.45) is -4.57. The van der Waals surface area contributed by atoms with Crippen LogP contribution >= 0.6 is 0 Å². The van der Waals surface area contributed by atoms with Crippen LogP contribution < -0.4 is 26.0 Å². The zero-order valence-corrected chi connectivity index (χ0v) is 15.0. The molecule has 1 fully saturated rings. The zero-order chi connectivity index (χ0) is 21.6. The van der Waals surface area contributed by atoms with E-state index in [1.54, 1.807) is 0 Å². The van der Waals surface area contributed by atoms with Gasteiger partial charge >= 0.3 is 12.8 Å². The lowest BCUT2D eigenvalue weighted by Crippen LogP contribution is -2.48. The number of amides is 2. The Labute approximate surface area is 162 Å². The van der Waals surface area contributed by atoms with Gasteiger partial charge in [-0.05, 0) is 12.1 Å². The third-order valence-electron chi connectivity index (χ3n) is 3.84. The van der Waals surface area contributed by atoms with E-state index in [1.807, 2.05) is 5.32 Å². The van der Waals surface area contributed by atoms with E-state index in [1.165, 1.54) is 17.0 Å². The lowest BCUT2D eigenvalue weighted by atomic mass is 10.2. The first-order valence-electron chi connectivity index (χ1n) is 8.38. The fourth-order valence-corrected chi connectivity index (χ4v) is 2.51. The molecular formula is C16H19F5N4O4. The minimum Gasteiger partial charge on any atom is -0.433 e. The van der Waals surface area contributed by atoms with Crippen LogP contribution in [-0.2, 0) is 14.3 Å². The first-order chi connectivity index (χ1) is 13.6. The average Bonchev–Trinajstić information content (AvgIpc) is 2.63. The Morgan fingerprint density at radius 2 is 2.07 bits per heavy atom. The first kappa shape index (κ1) is 22.8. The van der Waals surface area contributed by atoms with E-state index >= 15 is 0 Å². The largest absolute Gasteiger partial charge is 0.433 e. The van der Waals surface area contributed by atoms with Gasteiger partial charge in [0.25, 0.3) is 5.91 Å². The number of nitrogens with one attached hydrogen (secondary N) is 2. The number of anilines is 2. The van der Waals surface area contributed by atoms with Crippen LogP contribution in [0.25, 0.3) is 0 Å². The Hall–Kier alpha value is -2.51. The lowest BCUT2D eigenvalue weighted by molar-refractivity contribution is -0.130. The van der Waals surface area contributed by atoms with Crippen LogP contribution in [0.5, 0.6) is 5.75 Å². The molecular weight excluding hydrogens is 407 g/mol. The molecule has 0 spiro atoms. The van der Waals surface area contributed by atoms with Gasteiger partial charge in [-0.1, -0.05) is 0 Å². The first-order valence-corrected chi connectivity index (χ1v) is 8.38. The molecule has 1 atom stereocenters. The molecule has 29 heavy (non-hydrogen) atoms. The van der Waals surface area contributed by atoms with Crippen LogP contribution in [0.2, 0.25) is 0 Å². The molecule has 2 rings (SSSR count). The van der Waals surface area contributed by atoms with Gasteiger partial charge in [0.1, 0.15) is 6.61 Å². The van der Waals surface area contributed by atoms with Gasteiger partial charge in [0, 0.05) is 24.8 Å².